The third kappa shape index (κ3) is 5.35. The van der Waals surface area contributed by atoms with E-state index in [2.05, 4.69) is 5.32 Å². The molecule has 1 aliphatic heterocycles. The van der Waals surface area contributed by atoms with E-state index in [1.54, 1.807) is 25.1 Å². The van der Waals surface area contributed by atoms with Gasteiger partial charge in [0.05, 0.1) is 17.4 Å². The number of benzene rings is 1. The number of likely N-dealkylation sites (tertiary alicyclic amines) is 1. The van der Waals surface area contributed by atoms with Gasteiger partial charge in [-0.2, -0.15) is 0 Å². The maximum atomic E-state index is 12.7. The number of carbonyl (C=O) groups excluding carboxylic acids is 2. The first kappa shape index (κ1) is 20.5. The summed E-state index contributed by atoms with van der Waals surface area (Å²) in [5.41, 5.74) is 0.424. The largest absolute Gasteiger partial charge is 0.489 e. The van der Waals surface area contributed by atoms with E-state index in [4.69, 9.17) is 4.74 Å². The summed E-state index contributed by atoms with van der Waals surface area (Å²) in [5, 5.41) is 12.0. The van der Waals surface area contributed by atoms with Crippen molar-refractivity contribution in [2.45, 2.75) is 32.8 Å². The molecule has 2 N–H and O–H groups in total. The smallest absolute Gasteiger partial charge is 0.335 e. The Morgan fingerprint density at radius 1 is 1.22 bits per heavy atom. The van der Waals surface area contributed by atoms with Gasteiger partial charge in [0.15, 0.2) is 0 Å². The van der Waals surface area contributed by atoms with Gasteiger partial charge in [-0.05, 0) is 44.9 Å². The lowest BCUT2D eigenvalue weighted by Gasteiger charge is -2.33. The van der Waals surface area contributed by atoms with Crippen molar-refractivity contribution < 1.29 is 24.2 Å². The van der Waals surface area contributed by atoms with Gasteiger partial charge >= 0.3 is 12.0 Å². The van der Waals surface area contributed by atoms with Crippen LogP contribution in [0.15, 0.2) is 18.2 Å². The zero-order valence-corrected chi connectivity index (χ0v) is 16.2. The molecule has 2 rings (SSSR count). The monoisotopic (exact) mass is 377 g/mol. The van der Waals surface area contributed by atoms with Crippen LogP contribution >= 0.6 is 0 Å². The van der Waals surface area contributed by atoms with E-state index in [1.165, 1.54) is 17.0 Å². The lowest BCUT2D eigenvalue weighted by Crippen LogP contribution is -2.45. The lowest BCUT2D eigenvalue weighted by molar-refractivity contribution is -0.121. The Kier molecular flexibility index (Phi) is 6.65. The summed E-state index contributed by atoms with van der Waals surface area (Å²) >= 11 is 0. The van der Waals surface area contributed by atoms with Crippen LogP contribution in [0, 0.1) is 5.92 Å². The Bertz CT molecular complexity index is 709. The first-order valence-electron chi connectivity index (χ1n) is 9.00. The Labute approximate surface area is 159 Å². The standard InChI is InChI=1S/C19H27N3O5/c1-12(2)27-16-6-5-14(18(24)25)11-15(16)20-17(23)13-7-9-22(10-8-13)19(26)21(3)4/h5-6,11-13H,7-10H2,1-4H3,(H,20,23)(H,24,25). The van der Waals surface area contributed by atoms with Crippen LogP contribution in [0.25, 0.3) is 0 Å². The molecule has 1 aliphatic rings. The molecule has 8 nitrogen and oxygen atoms in total. The maximum absolute atomic E-state index is 12.7. The maximum Gasteiger partial charge on any atom is 0.335 e. The molecule has 1 saturated heterocycles. The number of carbonyl (C=O) groups is 3. The molecule has 0 unspecified atom stereocenters. The van der Waals surface area contributed by atoms with Crippen molar-refractivity contribution in [3.8, 4) is 5.75 Å². The number of hydrogen-bond acceptors (Lipinski definition) is 4. The average molecular weight is 377 g/mol. The van der Waals surface area contributed by atoms with Gasteiger partial charge in [-0.3, -0.25) is 4.79 Å². The van der Waals surface area contributed by atoms with Gasteiger partial charge in [0.1, 0.15) is 5.75 Å². The molecule has 0 atom stereocenters. The Morgan fingerprint density at radius 3 is 2.37 bits per heavy atom. The lowest BCUT2D eigenvalue weighted by atomic mass is 9.96. The van der Waals surface area contributed by atoms with Gasteiger partial charge in [0.2, 0.25) is 5.91 Å². The highest BCUT2D eigenvalue weighted by Gasteiger charge is 2.28. The van der Waals surface area contributed by atoms with Gasteiger partial charge in [0.25, 0.3) is 0 Å². The molecule has 1 aromatic rings. The molecular weight excluding hydrogens is 350 g/mol. The third-order valence-corrected chi connectivity index (χ3v) is 4.37. The summed E-state index contributed by atoms with van der Waals surface area (Å²) in [6.45, 7) is 4.74. The highest BCUT2D eigenvalue weighted by atomic mass is 16.5. The van der Waals surface area contributed by atoms with E-state index in [0.29, 0.717) is 37.4 Å². The molecule has 1 aromatic carbocycles. The van der Waals surface area contributed by atoms with Crippen LogP contribution in [0.4, 0.5) is 10.5 Å². The molecule has 148 valence electrons. The number of urea groups is 1. The molecule has 0 radical (unpaired) electrons. The Balaban J connectivity index is 2.07. The normalized spacial score (nSPS) is 14.8. The van der Waals surface area contributed by atoms with Crippen LogP contribution in [0.2, 0.25) is 0 Å². The van der Waals surface area contributed by atoms with Gasteiger partial charge in [0, 0.05) is 33.1 Å². The number of carboxylic acids is 1. The molecule has 0 aromatic heterocycles. The fourth-order valence-corrected chi connectivity index (χ4v) is 2.97. The highest BCUT2D eigenvalue weighted by Crippen LogP contribution is 2.29. The Morgan fingerprint density at radius 2 is 1.85 bits per heavy atom. The molecular formula is C19H27N3O5. The molecule has 27 heavy (non-hydrogen) atoms. The predicted octanol–water partition coefficient (Wildman–Crippen LogP) is 2.50. The SMILES string of the molecule is CC(C)Oc1ccc(C(=O)O)cc1NC(=O)C1CCN(C(=O)N(C)C)CC1. The fraction of sp³-hybridized carbons (Fsp3) is 0.526. The zero-order valence-electron chi connectivity index (χ0n) is 16.2. The quantitative estimate of drug-likeness (QED) is 0.821. The topological polar surface area (TPSA) is 99.2 Å². The highest BCUT2D eigenvalue weighted by molar-refractivity contribution is 5.96. The number of carboxylic acid groups (broad SMARTS) is 1. The van der Waals surface area contributed by atoms with Crippen molar-refractivity contribution in [2.75, 3.05) is 32.5 Å². The van der Waals surface area contributed by atoms with Crippen molar-refractivity contribution in [1.29, 1.82) is 0 Å². The van der Waals surface area contributed by atoms with Gasteiger partial charge < -0.3 is 25.0 Å². The second kappa shape index (κ2) is 8.75. The van der Waals surface area contributed by atoms with E-state index >= 15 is 0 Å². The number of aromatic carboxylic acids is 1. The molecule has 0 bridgehead atoms. The minimum Gasteiger partial charge on any atom is -0.489 e. The molecule has 1 fully saturated rings. The second-order valence-corrected chi connectivity index (χ2v) is 7.11. The van der Waals surface area contributed by atoms with Crippen LogP contribution in [0.1, 0.15) is 37.0 Å². The minimum atomic E-state index is -1.07. The molecule has 3 amide bonds. The first-order valence-corrected chi connectivity index (χ1v) is 9.00. The van der Waals surface area contributed by atoms with Crippen molar-refractivity contribution in [3.05, 3.63) is 23.8 Å². The van der Waals surface area contributed by atoms with E-state index in [9.17, 15) is 19.5 Å². The average Bonchev–Trinajstić information content (AvgIpc) is 2.61. The number of ether oxygens (including phenoxy) is 1. The minimum absolute atomic E-state index is 0.0596. The van der Waals surface area contributed by atoms with Crippen LogP contribution in [0.5, 0.6) is 5.75 Å². The number of nitrogens with one attached hydrogen (secondary N) is 1. The Hall–Kier alpha value is -2.77. The van der Waals surface area contributed by atoms with Gasteiger partial charge in [-0.15, -0.1) is 0 Å². The number of piperidine rings is 1. The van der Waals surface area contributed by atoms with Crippen LogP contribution in [-0.4, -0.2) is 66.1 Å². The van der Waals surface area contributed by atoms with E-state index in [-0.39, 0.29) is 29.5 Å². The number of rotatable bonds is 5. The van der Waals surface area contributed by atoms with Crippen molar-refractivity contribution >= 4 is 23.6 Å². The first-order chi connectivity index (χ1) is 12.7. The molecule has 0 aliphatic carbocycles. The van der Waals surface area contributed by atoms with Crippen LogP contribution in [0.3, 0.4) is 0 Å². The summed E-state index contributed by atoms with van der Waals surface area (Å²) in [4.78, 5) is 39.1. The van der Waals surface area contributed by atoms with E-state index in [0.717, 1.165) is 0 Å². The molecule has 8 heteroatoms. The van der Waals surface area contributed by atoms with E-state index < -0.39 is 5.97 Å². The number of anilines is 1. The van der Waals surface area contributed by atoms with E-state index in [1.807, 2.05) is 13.8 Å². The molecule has 0 spiro atoms. The predicted molar refractivity (Wildman–Crippen MR) is 101 cm³/mol. The van der Waals surface area contributed by atoms with Gasteiger partial charge in [-0.25, -0.2) is 9.59 Å². The number of nitrogens with zero attached hydrogens (tertiary/aromatic N) is 2. The van der Waals surface area contributed by atoms with Crippen LogP contribution in [-0.2, 0) is 4.79 Å². The summed E-state index contributed by atoms with van der Waals surface area (Å²) in [5.74, 6) is -1.07. The third-order valence-electron chi connectivity index (χ3n) is 4.37. The summed E-state index contributed by atoms with van der Waals surface area (Å²) in [7, 11) is 3.40. The summed E-state index contributed by atoms with van der Waals surface area (Å²) < 4.78 is 5.68. The van der Waals surface area contributed by atoms with Crippen molar-refractivity contribution in [2.24, 2.45) is 5.92 Å². The zero-order chi connectivity index (χ0) is 20.1. The number of amides is 3. The summed E-state index contributed by atoms with van der Waals surface area (Å²) in [6, 6.07) is 4.34. The van der Waals surface area contributed by atoms with Gasteiger partial charge in [-0.1, -0.05) is 0 Å². The summed E-state index contributed by atoms with van der Waals surface area (Å²) in [6.07, 6.45) is 1.01. The number of hydrogen-bond donors (Lipinski definition) is 2. The van der Waals surface area contributed by atoms with Crippen molar-refractivity contribution in [3.63, 3.8) is 0 Å². The van der Waals surface area contributed by atoms with Crippen molar-refractivity contribution in [1.82, 2.24) is 9.80 Å². The second-order valence-electron chi connectivity index (χ2n) is 7.11. The van der Waals surface area contributed by atoms with Crippen LogP contribution < -0.4 is 10.1 Å². The fourth-order valence-electron chi connectivity index (χ4n) is 2.97. The molecule has 1 heterocycles. The molecule has 0 saturated carbocycles.